The number of carbonyl (C=O) groups excluding carboxylic acids is 2. The highest BCUT2D eigenvalue weighted by Crippen LogP contribution is 2.18. The van der Waals surface area contributed by atoms with Gasteiger partial charge in [-0.25, -0.2) is 8.42 Å². The fraction of sp³-hybridized carbons (Fsp3) is 0.636. The smallest absolute Gasteiger partial charge is 0.251 e. The number of likely N-dealkylation sites (N-methyl/N-ethyl adjacent to an activating group) is 1. The SMILES string of the molecule is CCN(CC)S(=O)(=O)c1cccc(C(=O)NC(C(=O)N(C)CC2CCCO2)C(C)C)c1. The minimum Gasteiger partial charge on any atom is -0.376 e. The van der Waals surface area contributed by atoms with Crippen LogP contribution in [0.25, 0.3) is 0 Å². The van der Waals surface area contributed by atoms with Gasteiger partial charge in [-0.1, -0.05) is 33.8 Å². The van der Waals surface area contributed by atoms with Gasteiger partial charge in [0.15, 0.2) is 0 Å². The maximum Gasteiger partial charge on any atom is 0.251 e. The first kappa shape index (κ1) is 25.3. The summed E-state index contributed by atoms with van der Waals surface area (Å²) in [6.45, 7) is 9.15. The van der Waals surface area contributed by atoms with Gasteiger partial charge >= 0.3 is 0 Å². The Labute approximate surface area is 186 Å². The molecule has 1 heterocycles. The van der Waals surface area contributed by atoms with E-state index in [9.17, 15) is 18.0 Å². The molecule has 31 heavy (non-hydrogen) atoms. The number of nitrogens with one attached hydrogen (secondary N) is 1. The summed E-state index contributed by atoms with van der Waals surface area (Å²) in [4.78, 5) is 27.6. The maximum absolute atomic E-state index is 13.0. The molecule has 0 bridgehead atoms. The molecule has 2 rings (SSSR count). The molecule has 2 amide bonds. The summed E-state index contributed by atoms with van der Waals surface area (Å²) in [7, 11) is -1.97. The number of benzene rings is 1. The lowest BCUT2D eigenvalue weighted by atomic mass is 10.0. The van der Waals surface area contributed by atoms with Gasteiger partial charge in [0, 0.05) is 38.9 Å². The summed E-state index contributed by atoms with van der Waals surface area (Å²) in [5.74, 6) is -0.800. The van der Waals surface area contributed by atoms with E-state index in [0.717, 1.165) is 12.8 Å². The molecule has 1 fully saturated rings. The van der Waals surface area contributed by atoms with Crippen molar-refractivity contribution >= 4 is 21.8 Å². The van der Waals surface area contributed by atoms with Crippen molar-refractivity contribution < 1.29 is 22.7 Å². The standard InChI is InChI=1S/C22H35N3O5S/c1-6-25(7-2)31(28,29)19-12-8-10-17(14-19)21(26)23-20(16(3)4)22(27)24(5)15-18-11-9-13-30-18/h8,10,12,14,16,18,20H,6-7,9,11,13,15H2,1-5H3,(H,23,26). The third-order valence-electron chi connectivity index (χ3n) is 5.54. The Balaban J connectivity index is 2.16. The van der Waals surface area contributed by atoms with Crippen molar-refractivity contribution in [2.24, 2.45) is 5.92 Å². The van der Waals surface area contributed by atoms with Crippen LogP contribution < -0.4 is 5.32 Å². The predicted octanol–water partition coefficient (Wildman–Crippen LogP) is 2.11. The van der Waals surface area contributed by atoms with Crippen molar-refractivity contribution in [3.05, 3.63) is 29.8 Å². The van der Waals surface area contributed by atoms with Crippen LogP contribution in [-0.4, -0.2) is 74.9 Å². The third-order valence-corrected chi connectivity index (χ3v) is 7.58. The van der Waals surface area contributed by atoms with Crippen molar-refractivity contribution in [1.82, 2.24) is 14.5 Å². The zero-order valence-electron chi connectivity index (χ0n) is 19.1. The van der Waals surface area contributed by atoms with Gasteiger partial charge in [0.2, 0.25) is 15.9 Å². The maximum atomic E-state index is 13.0. The molecule has 8 nitrogen and oxygen atoms in total. The number of hydrogen-bond acceptors (Lipinski definition) is 5. The molecule has 1 aliphatic heterocycles. The molecule has 1 aliphatic rings. The number of sulfonamides is 1. The van der Waals surface area contributed by atoms with E-state index in [1.54, 1.807) is 37.9 Å². The highest BCUT2D eigenvalue weighted by molar-refractivity contribution is 7.89. The molecular formula is C22H35N3O5S. The van der Waals surface area contributed by atoms with Crippen molar-refractivity contribution in [2.75, 3.05) is 33.3 Å². The van der Waals surface area contributed by atoms with Gasteiger partial charge in [-0.3, -0.25) is 9.59 Å². The Morgan fingerprint density at radius 1 is 1.23 bits per heavy atom. The summed E-state index contributed by atoms with van der Waals surface area (Å²) >= 11 is 0. The number of amides is 2. The van der Waals surface area contributed by atoms with E-state index in [1.165, 1.54) is 16.4 Å². The van der Waals surface area contributed by atoms with Crippen molar-refractivity contribution in [2.45, 2.75) is 57.6 Å². The molecular weight excluding hydrogens is 418 g/mol. The van der Waals surface area contributed by atoms with Gasteiger partial charge in [0.1, 0.15) is 6.04 Å². The van der Waals surface area contributed by atoms with Crippen LogP contribution in [0.15, 0.2) is 29.2 Å². The normalized spacial score (nSPS) is 17.7. The van der Waals surface area contributed by atoms with Gasteiger partial charge in [-0.15, -0.1) is 0 Å². The average Bonchev–Trinajstić information content (AvgIpc) is 3.24. The Morgan fingerprint density at radius 3 is 2.45 bits per heavy atom. The van der Waals surface area contributed by atoms with Gasteiger partial charge in [-0.05, 0) is 37.0 Å². The van der Waals surface area contributed by atoms with Crippen LogP contribution in [0.3, 0.4) is 0 Å². The van der Waals surface area contributed by atoms with E-state index in [4.69, 9.17) is 4.74 Å². The van der Waals surface area contributed by atoms with Crippen molar-refractivity contribution in [3.8, 4) is 0 Å². The Hall–Kier alpha value is -1.97. The fourth-order valence-corrected chi connectivity index (χ4v) is 5.17. The summed E-state index contributed by atoms with van der Waals surface area (Å²) in [6, 6.07) is 5.21. The largest absolute Gasteiger partial charge is 0.376 e. The molecule has 2 unspecified atom stereocenters. The van der Waals surface area contributed by atoms with E-state index in [-0.39, 0.29) is 28.4 Å². The first-order valence-corrected chi connectivity index (χ1v) is 12.3. The average molecular weight is 454 g/mol. The Bertz CT molecular complexity index is 862. The molecule has 0 spiro atoms. The second kappa shape index (κ2) is 11.1. The van der Waals surface area contributed by atoms with Crippen LogP contribution >= 0.6 is 0 Å². The van der Waals surface area contributed by atoms with Crippen LogP contribution in [0.2, 0.25) is 0 Å². The van der Waals surface area contributed by atoms with E-state index in [2.05, 4.69) is 5.32 Å². The lowest BCUT2D eigenvalue weighted by Gasteiger charge is -2.28. The summed E-state index contributed by atoms with van der Waals surface area (Å²) in [5.41, 5.74) is 0.202. The first-order chi connectivity index (χ1) is 14.6. The van der Waals surface area contributed by atoms with Crippen LogP contribution in [0.5, 0.6) is 0 Å². The number of carbonyl (C=O) groups is 2. The zero-order chi connectivity index (χ0) is 23.2. The molecule has 9 heteroatoms. The number of ether oxygens (including phenoxy) is 1. The van der Waals surface area contributed by atoms with Gasteiger partial charge in [0.25, 0.3) is 5.91 Å². The number of rotatable bonds is 10. The topological polar surface area (TPSA) is 96.0 Å². The van der Waals surface area contributed by atoms with Gasteiger partial charge in [0.05, 0.1) is 11.0 Å². The molecule has 2 atom stereocenters. The second-order valence-electron chi connectivity index (χ2n) is 8.17. The van der Waals surface area contributed by atoms with Gasteiger partial charge in [-0.2, -0.15) is 4.31 Å². The lowest BCUT2D eigenvalue weighted by Crippen LogP contribution is -2.51. The lowest BCUT2D eigenvalue weighted by molar-refractivity contribution is -0.134. The molecule has 0 radical (unpaired) electrons. The quantitative estimate of drug-likeness (QED) is 0.585. The van der Waals surface area contributed by atoms with E-state index in [1.807, 2.05) is 13.8 Å². The minimum absolute atomic E-state index is 0.0272. The molecule has 174 valence electrons. The van der Waals surface area contributed by atoms with E-state index < -0.39 is 22.0 Å². The number of hydrogen-bond donors (Lipinski definition) is 1. The number of nitrogens with zero attached hydrogens (tertiary/aromatic N) is 2. The monoisotopic (exact) mass is 453 g/mol. The molecule has 1 aromatic rings. The van der Waals surface area contributed by atoms with E-state index >= 15 is 0 Å². The Morgan fingerprint density at radius 2 is 1.90 bits per heavy atom. The third kappa shape index (κ3) is 6.27. The summed E-state index contributed by atoms with van der Waals surface area (Å²) < 4.78 is 32.5. The molecule has 0 saturated carbocycles. The first-order valence-electron chi connectivity index (χ1n) is 10.9. The van der Waals surface area contributed by atoms with Crippen LogP contribution in [-0.2, 0) is 19.6 Å². The van der Waals surface area contributed by atoms with Crippen molar-refractivity contribution in [1.29, 1.82) is 0 Å². The van der Waals surface area contributed by atoms with Gasteiger partial charge < -0.3 is 15.0 Å². The molecule has 1 saturated heterocycles. The van der Waals surface area contributed by atoms with Crippen LogP contribution in [0, 0.1) is 5.92 Å². The van der Waals surface area contributed by atoms with Crippen molar-refractivity contribution in [3.63, 3.8) is 0 Å². The summed E-state index contributed by atoms with van der Waals surface area (Å²) in [6.07, 6.45) is 1.94. The highest BCUT2D eigenvalue weighted by atomic mass is 32.2. The van der Waals surface area contributed by atoms with E-state index in [0.29, 0.717) is 26.2 Å². The molecule has 0 aliphatic carbocycles. The zero-order valence-corrected chi connectivity index (χ0v) is 19.9. The Kier molecular flexibility index (Phi) is 9.02. The predicted molar refractivity (Wildman–Crippen MR) is 119 cm³/mol. The molecule has 1 aromatic carbocycles. The molecule has 1 N–H and O–H groups in total. The molecule has 0 aromatic heterocycles. The van der Waals surface area contributed by atoms with Crippen LogP contribution in [0.4, 0.5) is 0 Å². The minimum atomic E-state index is -3.68. The van der Waals surface area contributed by atoms with Crippen LogP contribution in [0.1, 0.15) is 50.9 Å². The summed E-state index contributed by atoms with van der Waals surface area (Å²) in [5, 5.41) is 2.79. The second-order valence-corrected chi connectivity index (χ2v) is 10.1. The fourth-order valence-electron chi connectivity index (χ4n) is 3.67. The highest BCUT2D eigenvalue weighted by Gasteiger charge is 2.30.